The molecule has 1 aromatic heterocycles. The Morgan fingerprint density at radius 1 is 0.923 bits per heavy atom. The lowest BCUT2D eigenvalue weighted by Gasteiger charge is -2.12. The molecule has 0 amide bonds. The van der Waals surface area contributed by atoms with E-state index in [0.717, 1.165) is 25.3 Å². The molecule has 1 aliphatic heterocycles. The molecule has 4 rings (SSSR count). The van der Waals surface area contributed by atoms with Crippen molar-refractivity contribution in [2.75, 3.05) is 13.2 Å². The van der Waals surface area contributed by atoms with Crippen molar-refractivity contribution in [3.63, 3.8) is 0 Å². The van der Waals surface area contributed by atoms with Crippen LogP contribution in [0.1, 0.15) is 24.0 Å². The molecule has 0 spiro atoms. The second-order valence-corrected chi connectivity index (χ2v) is 7.41. The van der Waals surface area contributed by atoms with E-state index in [9.17, 15) is 0 Å². The third-order valence-corrected chi connectivity index (χ3v) is 5.44. The molecule has 1 saturated heterocycles. The first-order valence-corrected chi connectivity index (χ1v) is 9.88. The monoisotopic (exact) mass is 385 g/mol. The minimum absolute atomic E-state index is 0. The summed E-state index contributed by atoms with van der Waals surface area (Å²) >= 11 is 1.74. The number of halogens is 1. The first kappa shape index (κ1) is 19.0. The summed E-state index contributed by atoms with van der Waals surface area (Å²) in [6.45, 7) is 1.89. The van der Waals surface area contributed by atoms with Gasteiger partial charge in [0.05, 0.1) is 0 Å². The van der Waals surface area contributed by atoms with Gasteiger partial charge in [-0.15, -0.1) is 12.4 Å². The number of hydrogen-bond acceptors (Lipinski definition) is 3. The van der Waals surface area contributed by atoms with Crippen LogP contribution >= 0.6 is 23.7 Å². The zero-order valence-electron chi connectivity index (χ0n) is 14.7. The molecule has 1 N–H and O–H groups in total. The topological polar surface area (TPSA) is 21.3 Å². The molecule has 2 heterocycles. The van der Waals surface area contributed by atoms with Crippen LogP contribution < -0.4 is 10.1 Å². The van der Waals surface area contributed by atoms with Gasteiger partial charge in [-0.25, -0.2) is 0 Å². The van der Waals surface area contributed by atoms with E-state index in [1.165, 1.54) is 35.1 Å². The van der Waals surface area contributed by atoms with E-state index in [0.29, 0.717) is 6.04 Å². The van der Waals surface area contributed by atoms with Crippen molar-refractivity contribution in [2.24, 2.45) is 0 Å². The third-order valence-electron chi connectivity index (χ3n) is 4.75. The molecule has 0 saturated carbocycles. The number of ether oxygens (including phenoxy) is 1. The lowest BCUT2D eigenvalue weighted by molar-refractivity contribution is 0.277. The van der Waals surface area contributed by atoms with E-state index in [4.69, 9.17) is 4.74 Å². The fraction of sp³-hybridized carbons (Fsp3) is 0.273. The molecule has 2 aromatic carbocycles. The third kappa shape index (κ3) is 4.88. The van der Waals surface area contributed by atoms with Gasteiger partial charge in [0.1, 0.15) is 12.4 Å². The zero-order valence-corrected chi connectivity index (χ0v) is 16.3. The highest BCUT2D eigenvalue weighted by Gasteiger charge is 2.14. The number of rotatable bonds is 6. The lowest BCUT2D eigenvalue weighted by atomic mass is 10.0. The summed E-state index contributed by atoms with van der Waals surface area (Å²) in [5.41, 5.74) is 5.24. The van der Waals surface area contributed by atoms with Crippen molar-refractivity contribution < 1.29 is 4.74 Å². The Balaban J connectivity index is 0.00000196. The summed E-state index contributed by atoms with van der Waals surface area (Å²) in [6.07, 6.45) is 3.44. The Bertz CT molecular complexity index is 778. The fourth-order valence-corrected chi connectivity index (χ4v) is 3.94. The summed E-state index contributed by atoms with van der Waals surface area (Å²) in [5.74, 6) is 0.963. The Hall–Kier alpha value is -1.81. The summed E-state index contributed by atoms with van der Waals surface area (Å²) in [7, 11) is 0. The van der Waals surface area contributed by atoms with Crippen LogP contribution in [0, 0.1) is 0 Å². The van der Waals surface area contributed by atoms with Crippen LogP contribution in [0.2, 0.25) is 0 Å². The maximum Gasteiger partial charge on any atom is 0.119 e. The Kier molecular flexibility index (Phi) is 6.73. The van der Waals surface area contributed by atoms with Gasteiger partial charge in [0, 0.05) is 6.04 Å². The Morgan fingerprint density at radius 2 is 1.65 bits per heavy atom. The van der Waals surface area contributed by atoms with Gasteiger partial charge in [-0.3, -0.25) is 0 Å². The Labute approximate surface area is 165 Å². The smallest absolute Gasteiger partial charge is 0.119 e. The largest absolute Gasteiger partial charge is 0.492 e. The predicted molar refractivity (Wildman–Crippen MR) is 113 cm³/mol. The van der Waals surface area contributed by atoms with Crippen LogP contribution in [0.3, 0.4) is 0 Å². The standard InChI is InChI=1S/C22H23NOS.ClH/c1-2-21(23-12-1)15-24-22-9-5-18(6-10-22)14-17-3-7-19(8-4-17)20-11-13-25-16-20;/h3-11,13,16,21,23H,1-2,12,14-15H2;1H/t21-;/m1./s1. The van der Waals surface area contributed by atoms with Gasteiger partial charge in [0.25, 0.3) is 0 Å². The van der Waals surface area contributed by atoms with Gasteiger partial charge in [-0.1, -0.05) is 36.4 Å². The molecule has 1 aliphatic rings. The number of thiophene rings is 1. The fourth-order valence-electron chi connectivity index (χ4n) is 3.28. The van der Waals surface area contributed by atoms with Crippen molar-refractivity contribution in [2.45, 2.75) is 25.3 Å². The second-order valence-electron chi connectivity index (χ2n) is 6.63. The van der Waals surface area contributed by atoms with E-state index >= 15 is 0 Å². The quantitative estimate of drug-likeness (QED) is 0.599. The van der Waals surface area contributed by atoms with Crippen molar-refractivity contribution in [1.29, 1.82) is 0 Å². The van der Waals surface area contributed by atoms with Gasteiger partial charge in [-0.2, -0.15) is 11.3 Å². The summed E-state index contributed by atoms with van der Waals surface area (Å²) in [6, 6.07) is 20.1. The molecular weight excluding hydrogens is 362 g/mol. The highest BCUT2D eigenvalue weighted by atomic mass is 35.5. The van der Waals surface area contributed by atoms with Crippen molar-refractivity contribution in [3.05, 3.63) is 76.5 Å². The van der Waals surface area contributed by atoms with Crippen LogP contribution in [-0.2, 0) is 6.42 Å². The Morgan fingerprint density at radius 3 is 2.27 bits per heavy atom. The first-order chi connectivity index (χ1) is 12.4. The average Bonchev–Trinajstić information content (AvgIpc) is 3.36. The maximum absolute atomic E-state index is 5.89. The van der Waals surface area contributed by atoms with E-state index in [-0.39, 0.29) is 12.4 Å². The molecule has 1 fully saturated rings. The van der Waals surface area contributed by atoms with Gasteiger partial charge in [0.15, 0.2) is 0 Å². The zero-order chi connectivity index (χ0) is 16.9. The molecule has 0 unspecified atom stereocenters. The molecule has 0 radical (unpaired) electrons. The van der Waals surface area contributed by atoms with Crippen LogP contribution in [0.4, 0.5) is 0 Å². The molecule has 2 nitrogen and oxygen atoms in total. The predicted octanol–water partition coefficient (Wildman–Crippen LogP) is 5.56. The van der Waals surface area contributed by atoms with E-state index in [1.807, 2.05) is 0 Å². The van der Waals surface area contributed by atoms with Crippen LogP contribution in [0.15, 0.2) is 65.4 Å². The molecule has 3 aromatic rings. The van der Waals surface area contributed by atoms with Gasteiger partial charge < -0.3 is 10.1 Å². The van der Waals surface area contributed by atoms with Crippen molar-refractivity contribution >= 4 is 23.7 Å². The minimum Gasteiger partial charge on any atom is -0.492 e. The lowest BCUT2D eigenvalue weighted by Crippen LogP contribution is -2.28. The number of nitrogens with one attached hydrogen (secondary N) is 1. The average molecular weight is 386 g/mol. The number of hydrogen-bond donors (Lipinski definition) is 1. The second kappa shape index (κ2) is 9.22. The highest BCUT2D eigenvalue weighted by molar-refractivity contribution is 7.08. The van der Waals surface area contributed by atoms with Gasteiger partial charge in [0.2, 0.25) is 0 Å². The van der Waals surface area contributed by atoms with E-state index in [2.05, 4.69) is 70.7 Å². The van der Waals surface area contributed by atoms with Gasteiger partial charge in [-0.05, 0) is 77.0 Å². The van der Waals surface area contributed by atoms with Crippen LogP contribution in [0.25, 0.3) is 11.1 Å². The summed E-state index contributed by atoms with van der Waals surface area (Å²) in [5, 5.41) is 7.77. The molecule has 0 aliphatic carbocycles. The molecule has 136 valence electrons. The maximum atomic E-state index is 5.89. The van der Waals surface area contributed by atoms with E-state index < -0.39 is 0 Å². The first-order valence-electron chi connectivity index (χ1n) is 8.93. The highest BCUT2D eigenvalue weighted by Crippen LogP contribution is 2.23. The molecule has 4 heteroatoms. The van der Waals surface area contributed by atoms with Crippen LogP contribution in [0.5, 0.6) is 5.75 Å². The molecular formula is C22H24ClNOS. The molecule has 1 atom stereocenters. The van der Waals surface area contributed by atoms with Crippen molar-refractivity contribution in [1.82, 2.24) is 5.32 Å². The van der Waals surface area contributed by atoms with E-state index in [1.54, 1.807) is 11.3 Å². The summed E-state index contributed by atoms with van der Waals surface area (Å²) < 4.78 is 5.89. The van der Waals surface area contributed by atoms with Gasteiger partial charge >= 0.3 is 0 Å². The van der Waals surface area contributed by atoms with Crippen molar-refractivity contribution in [3.8, 4) is 16.9 Å². The molecule has 26 heavy (non-hydrogen) atoms. The normalized spacial score (nSPS) is 16.2. The van der Waals surface area contributed by atoms with Crippen LogP contribution in [-0.4, -0.2) is 19.2 Å². The SMILES string of the molecule is Cl.c1cc(-c2ccc(Cc3ccc(OC[C@H]4CCCN4)cc3)cc2)cs1. The minimum atomic E-state index is 0. The number of benzene rings is 2. The molecule has 0 bridgehead atoms. The summed E-state index contributed by atoms with van der Waals surface area (Å²) in [4.78, 5) is 0.